The Balaban J connectivity index is 2.70. The molecular weight excluding hydrogens is 228 g/mol. The molecule has 1 rings (SSSR count). The van der Waals surface area contributed by atoms with Gasteiger partial charge in [-0.05, 0) is 18.2 Å². The molecule has 1 aromatic carbocycles. The van der Waals surface area contributed by atoms with Crippen LogP contribution in [0.1, 0.15) is 10.4 Å². The molecule has 0 radical (unpaired) electrons. The number of ether oxygens (including phenoxy) is 1. The number of esters is 1. The Morgan fingerprint density at radius 3 is 2.73 bits per heavy atom. The van der Waals surface area contributed by atoms with Crippen LogP contribution in [0.4, 0.5) is 14.5 Å². The van der Waals surface area contributed by atoms with Gasteiger partial charge in [-0.15, -0.1) is 0 Å². The van der Waals surface area contributed by atoms with Gasteiger partial charge < -0.3 is 10.5 Å². The number of anilines is 1. The van der Waals surface area contributed by atoms with E-state index in [0.717, 1.165) is 0 Å². The number of carbonyl (C=O) groups is 1. The fourth-order valence-corrected chi connectivity index (χ4v) is 1.01. The highest BCUT2D eigenvalue weighted by molar-refractivity contribution is 6.33. The second kappa shape index (κ2) is 4.93. The number of rotatable bonds is 3. The monoisotopic (exact) mass is 235 g/mol. The summed E-state index contributed by atoms with van der Waals surface area (Å²) in [5, 5.41) is 0.292. The average molecular weight is 236 g/mol. The first-order valence-corrected chi connectivity index (χ1v) is 4.39. The van der Waals surface area contributed by atoms with E-state index in [-0.39, 0.29) is 11.3 Å². The predicted octanol–water partition coefficient (Wildman–Crippen LogP) is 2.34. The van der Waals surface area contributed by atoms with Crippen molar-refractivity contribution in [3.8, 4) is 0 Å². The highest BCUT2D eigenvalue weighted by Gasteiger charge is 2.11. The Bertz CT molecular complexity index is 371. The maximum Gasteiger partial charge on any atom is 0.338 e. The summed E-state index contributed by atoms with van der Waals surface area (Å²) in [6.45, 7) is -0.929. The lowest BCUT2D eigenvalue weighted by Crippen LogP contribution is -2.11. The third-order valence-electron chi connectivity index (χ3n) is 1.57. The topological polar surface area (TPSA) is 52.3 Å². The second-order valence-electron chi connectivity index (χ2n) is 2.73. The number of hydrogen-bond acceptors (Lipinski definition) is 3. The number of halogens is 3. The molecule has 0 aliphatic carbocycles. The van der Waals surface area contributed by atoms with E-state index < -0.39 is 19.0 Å². The Morgan fingerprint density at radius 1 is 1.53 bits per heavy atom. The van der Waals surface area contributed by atoms with Crippen molar-refractivity contribution in [2.75, 3.05) is 12.3 Å². The Morgan fingerprint density at radius 2 is 2.20 bits per heavy atom. The molecule has 0 unspecified atom stereocenters. The lowest BCUT2D eigenvalue weighted by atomic mass is 10.2. The van der Waals surface area contributed by atoms with E-state index in [2.05, 4.69) is 4.74 Å². The van der Waals surface area contributed by atoms with Crippen LogP contribution in [0, 0.1) is 0 Å². The van der Waals surface area contributed by atoms with Crippen LogP contribution in [0.15, 0.2) is 18.2 Å². The lowest BCUT2D eigenvalue weighted by Gasteiger charge is -2.05. The minimum Gasteiger partial charge on any atom is -0.456 e. The minimum atomic E-state index is -2.68. The highest BCUT2D eigenvalue weighted by atomic mass is 35.5. The van der Waals surface area contributed by atoms with Gasteiger partial charge in [-0.3, -0.25) is 0 Å². The van der Waals surface area contributed by atoms with Gasteiger partial charge in [0.1, 0.15) is 0 Å². The molecule has 0 fully saturated rings. The predicted molar refractivity (Wildman–Crippen MR) is 52.2 cm³/mol. The molecule has 0 aliphatic heterocycles. The van der Waals surface area contributed by atoms with Crippen LogP contribution in [-0.2, 0) is 4.74 Å². The number of nitrogens with two attached hydrogens (primary N) is 1. The molecule has 0 spiro atoms. The van der Waals surface area contributed by atoms with E-state index in [1.165, 1.54) is 18.2 Å². The summed E-state index contributed by atoms with van der Waals surface area (Å²) in [5.41, 5.74) is 5.72. The number of benzene rings is 1. The van der Waals surface area contributed by atoms with Gasteiger partial charge in [-0.25, -0.2) is 13.6 Å². The molecule has 82 valence electrons. The van der Waals surface area contributed by atoms with Crippen LogP contribution < -0.4 is 5.73 Å². The van der Waals surface area contributed by atoms with Crippen molar-refractivity contribution in [1.29, 1.82) is 0 Å². The second-order valence-corrected chi connectivity index (χ2v) is 3.13. The molecule has 6 heteroatoms. The van der Waals surface area contributed by atoms with Crippen molar-refractivity contribution >= 4 is 23.3 Å². The van der Waals surface area contributed by atoms with Crippen LogP contribution in [0.5, 0.6) is 0 Å². The van der Waals surface area contributed by atoms with E-state index in [1.54, 1.807) is 0 Å². The van der Waals surface area contributed by atoms with Crippen molar-refractivity contribution in [2.24, 2.45) is 0 Å². The SMILES string of the molecule is Nc1cc(C(=O)OCC(F)F)ccc1Cl. The van der Waals surface area contributed by atoms with Crippen molar-refractivity contribution in [2.45, 2.75) is 6.43 Å². The Labute approximate surface area is 89.8 Å². The summed E-state index contributed by atoms with van der Waals surface area (Å²) in [6, 6.07) is 4.03. The van der Waals surface area contributed by atoms with Crippen molar-refractivity contribution in [3.63, 3.8) is 0 Å². The molecule has 0 saturated heterocycles. The van der Waals surface area contributed by atoms with Gasteiger partial charge in [0.05, 0.1) is 16.3 Å². The number of hydrogen-bond donors (Lipinski definition) is 1. The summed E-state index contributed by atoms with van der Waals surface area (Å²) in [7, 11) is 0. The fourth-order valence-electron chi connectivity index (χ4n) is 0.893. The molecule has 0 aliphatic rings. The van der Waals surface area contributed by atoms with Gasteiger partial charge in [0.2, 0.25) is 0 Å². The maximum atomic E-state index is 11.7. The molecule has 0 amide bonds. The average Bonchev–Trinajstić information content (AvgIpc) is 2.18. The zero-order chi connectivity index (χ0) is 11.4. The smallest absolute Gasteiger partial charge is 0.338 e. The quantitative estimate of drug-likeness (QED) is 0.646. The van der Waals surface area contributed by atoms with Crippen LogP contribution >= 0.6 is 11.6 Å². The molecule has 0 bridgehead atoms. The van der Waals surface area contributed by atoms with Crippen LogP contribution in [0.3, 0.4) is 0 Å². The largest absolute Gasteiger partial charge is 0.456 e. The number of carbonyl (C=O) groups excluding carboxylic acids is 1. The first-order chi connectivity index (χ1) is 7.00. The van der Waals surface area contributed by atoms with Crippen molar-refractivity contribution in [3.05, 3.63) is 28.8 Å². The molecule has 15 heavy (non-hydrogen) atoms. The zero-order valence-corrected chi connectivity index (χ0v) is 8.30. The normalized spacial score (nSPS) is 10.4. The van der Waals surface area contributed by atoms with Crippen LogP contribution in [0.2, 0.25) is 5.02 Å². The van der Waals surface area contributed by atoms with Gasteiger partial charge in [0.15, 0.2) is 6.61 Å². The summed E-state index contributed by atoms with van der Waals surface area (Å²) in [4.78, 5) is 11.2. The number of nitrogen functional groups attached to an aromatic ring is 1. The van der Waals surface area contributed by atoms with E-state index in [4.69, 9.17) is 17.3 Å². The van der Waals surface area contributed by atoms with Crippen LogP contribution in [0.25, 0.3) is 0 Å². The van der Waals surface area contributed by atoms with E-state index in [0.29, 0.717) is 5.02 Å². The van der Waals surface area contributed by atoms with Gasteiger partial charge in [-0.2, -0.15) is 0 Å². The summed E-state index contributed by atoms with van der Waals surface area (Å²) in [6.07, 6.45) is -2.68. The van der Waals surface area contributed by atoms with Gasteiger partial charge in [-0.1, -0.05) is 11.6 Å². The summed E-state index contributed by atoms with van der Waals surface area (Å²) < 4.78 is 27.8. The van der Waals surface area contributed by atoms with Gasteiger partial charge in [0.25, 0.3) is 6.43 Å². The minimum absolute atomic E-state index is 0.0950. The van der Waals surface area contributed by atoms with Gasteiger partial charge in [0, 0.05) is 0 Å². The van der Waals surface area contributed by atoms with E-state index in [9.17, 15) is 13.6 Å². The van der Waals surface area contributed by atoms with Crippen molar-refractivity contribution in [1.82, 2.24) is 0 Å². The molecule has 1 aromatic rings. The standard InChI is InChI=1S/C9H8ClF2NO2/c10-6-2-1-5(3-7(6)13)9(14)15-4-8(11)12/h1-3,8H,4,13H2. The van der Waals surface area contributed by atoms with Gasteiger partial charge >= 0.3 is 5.97 Å². The molecule has 0 heterocycles. The molecular formula is C9H8ClF2NO2. The zero-order valence-electron chi connectivity index (χ0n) is 7.54. The first-order valence-electron chi connectivity index (χ1n) is 4.01. The highest BCUT2D eigenvalue weighted by Crippen LogP contribution is 2.19. The van der Waals surface area contributed by atoms with E-state index in [1.807, 2.05) is 0 Å². The molecule has 3 nitrogen and oxygen atoms in total. The summed E-state index contributed by atoms with van der Waals surface area (Å²) in [5.74, 6) is -0.848. The molecule has 2 N–H and O–H groups in total. The third-order valence-corrected chi connectivity index (χ3v) is 1.92. The van der Waals surface area contributed by atoms with E-state index >= 15 is 0 Å². The Hall–Kier alpha value is -1.36. The van der Waals surface area contributed by atoms with Crippen molar-refractivity contribution < 1.29 is 18.3 Å². The fraction of sp³-hybridized carbons (Fsp3) is 0.222. The van der Waals surface area contributed by atoms with Crippen LogP contribution in [-0.4, -0.2) is 19.0 Å². The third kappa shape index (κ3) is 3.36. The maximum absolute atomic E-state index is 11.7. The number of alkyl halides is 2. The lowest BCUT2D eigenvalue weighted by molar-refractivity contribution is 0.0160. The summed E-state index contributed by atoms with van der Waals surface area (Å²) >= 11 is 5.62. The molecule has 0 atom stereocenters. The molecule has 0 saturated carbocycles. The molecule has 0 aromatic heterocycles. The Kier molecular flexibility index (Phi) is 3.85. The first kappa shape index (κ1) is 11.7.